The van der Waals surface area contributed by atoms with Crippen LogP contribution in [0.3, 0.4) is 0 Å². The molecule has 0 amide bonds. The van der Waals surface area contributed by atoms with Crippen LogP contribution in [-0.4, -0.2) is 18.6 Å². The minimum atomic E-state index is -0.314. The monoisotopic (exact) mass is 422 g/mol. The molecular formula is C27H38N2O2. The fourth-order valence-electron chi connectivity index (χ4n) is 5.43. The molecule has 4 heteroatoms. The number of nitrogens with one attached hydrogen (secondary N) is 1. The summed E-state index contributed by atoms with van der Waals surface area (Å²) >= 11 is 0. The molecule has 168 valence electrons. The maximum atomic E-state index is 11.8. The fraction of sp³-hybridized carbons (Fsp3) is 0.519. The van der Waals surface area contributed by atoms with Crippen molar-refractivity contribution in [2.24, 2.45) is 23.7 Å². The third kappa shape index (κ3) is 6.25. The zero-order valence-corrected chi connectivity index (χ0v) is 19.4. The van der Waals surface area contributed by atoms with Crippen molar-refractivity contribution in [1.82, 2.24) is 0 Å². The second-order valence-corrected chi connectivity index (χ2v) is 9.50. The summed E-state index contributed by atoms with van der Waals surface area (Å²) in [4.78, 5) is 11.8. The van der Waals surface area contributed by atoms with Gasteiger partial charge in [0.1, 0.15) is 0 Å². The van der Waals surface area contributed by atoms with Crippen LogP contribution in [0.25, 0.3) is 0 Å². The van der Waals surface area contributed by atoms with Crippen LogP contribution in [0.5, 0.6) is 0 Å². The van der Waals surface area contributed by atoms with E-state index in [1.54, 1.807) is 19.1 Å². The smallest absolute Gasteiger partial charge is 0.338 e. The standard InChI is InChI=1S/C20H30N2O2.C7H8/c1-4-24-20(23)15-5-6-18(17(21)11-15)22-19-13(3)9-14-7-12(2)8-16(19)10-14;1-7-5-3-2-4-6-7/h5-6,11-14,16,19,22H,4,7-10,21H2,1-3H3;2-6H,1H3. The van der Waals surface area contributed by atoms with E-state index in [0.717, 1.165) is 23.4 Å². The summed E-state index contributed by atoms with van der Waals surface area (Å²) in [7, 11) is 0. The molecule has 5 unspecified atom stereocenters. The zero-order valence-electron chi connectivity index (χ0n) is 19.4. The van der Waals surface area contributed by atoms with Gasteiger partial charge in [0.25, 0.3) is 0 Å². The first-order valence-electron chi connectivity index (χ1n) is 11.7. The summed E-state index contributed by atoms with van der Waals surface area (Å²) in [5.74, 6) is 2.80. The fourth-order valence-corrected chi connectivity index (χ4v) is 5.43. The number of fused-ring (bicyclic) bond motifs is 2. The number of benzene rings is 2. The number of nitrogen functional groups attached to an aromatic ring is 1. The van der Waals surface area contributed by atoms with Crippen molar-refractivity contribution < 1.29 is 9.53 Å². The van der Waals surface area contributed by atoms with Gasteiger partial charge in [-0.25, -0.2) is 4.79 Å². The maximum Gasteiger partial charge on any atom is 0.338 e. The van der Waals surface area contributed by atoms with Crippen LogP contribution in [0.15, 0.2) is 48.5 Å². The van der Waals surface area contributed by atoms with E-state index >= 15 is 0 Å². The molecular weight excluding hydrogens is 384 g/mol. The SMILES string of the molecule is CCOC(=O)c1ccc(NC2C(C)CC3CC(C)CC2C3)c(N)c1.Cc1ccccc1. The Morgan fingerprint density at radius 1 is 1.06 bits per heavy atom. The van der Waals surface area contributed by atoms with Gasteiger partial charge in [-0.1, -0.05) is 49.7 Å². The molecule has 0 spiro atoms. The summed E-state index contributed by atoms with van der Waals surface area (Å²) < 4.78 is 5.04. The molecule has 0 aliphatic heterocycles. The molecule has 2 fully saturated rings. The van der Waals surface area contributed by atoms with Crippen LogP contribution >= 0.6 is 0 Å². The molecule has 0 aromatic heterocycles. The van der Waals surface area contributed by atoms with Crippen LogP contribution < -0.4 is 11.1 Å². The molecule has 5 atom stereocenters. The minimum Gasteiger partial charge on any atom is -0.462 e. The van der Waals surface area contributed by atoms with Crippen molar-refractivity contribution in [3.63, 3.8) is 0 Å². The second-order valence-electron chi connectivity index (χ2n) is 9.50. The van der Waals surface area contributed by atoms with Crippen LogP contribution in [0, 0.1) is 30.6 Å². The van der Waals surface area contributed by atoms with Gasteiger partial charge in [0, 0.05) is 6.04 Å². The first kappa shape index (κ1) is 23.2. The number of aryl methyl sites for hydroxylation is 1. The van der Waals surface area contributed by atoms with Gasteiger partial charge in [0.2, 0.25) is 0 Å². The highest BCUT2D eigenvalue weighted by Crippen LogP contribution is 2.46. The highest BCUT2D eigenvalue weighted by molar-refractivity contribution is 5.92. The van der Waals surface area contributed by atoms with Crippen molar-refractivity contribution >= 4 is 17.3 Å². The van der Waals surface area contributed by atoms with Gasteiger partial charge in [-0.15, -0.1) is 0 Å². The third-order valence-electron chi connectivity index (χ3n) is 6.73. The molecule has 2 bridgehead atoms. The molecule has 3 N–H and O–H groups in total. The van der Waals surface area contributed by atoms with Crippen molar-refractivity contribution in [2.45, 2.75) is 59.4 Å². The van der Waals surface area contributed by atoms with E-state index in [0.29, 0.717) is 29.8 Å². The lowest BCUT2D eigenvalue weighted by Gasteiger charge is -2.47. The van der Waals surface area contributed by atoms with Crippen LogP contribution in [-0.2, 0) is 4.74 Å². The molecule has 2 aromatic carbocycles. The van der Waals surface area contributed by atoms with Crippen molar-refractivity contribution in [2.75, 3.05) is 17.7 Å². The number of rotatable bonds is 4. The molecule has 0 saturated heterocycles. The van der Waals surface area contributed by atoms with Crippen molar-refractivity contribution in [3.8, 4) is 0 Å². The summed E-state index contributed by atoms with van der Waals surface area (Å²) in [6.07, 6.45) is 5.34. The zero-order chi connectivity index (χ0) is 22.4. The number of hydrogen-bond donors (Lipinski definition) is 2. The normalized spacial score (nSPS) is 26.9. The summed E-state index contributed by atoms with van der Waals surface area (Å²) in [6.45, 7) is 9.00. The Hall–Kier alpha value is -2.49. The van der Waals surface area contributed by atoms with Gasteiger partial charge in [-0.05, 0) is 81.4 Å². The molecule has 4 nitrogen and oxygen atoms in total. The van der Waals surface area contributed by atoms with E-state index < -0.39 is 0 Å². The van der Waals surface area contributed by atoms with Gasteiger partial charge < -0.3 is 15.8 Å². The molecule has 4 rings (SSSR count). The van der Waals surface area contributed by atoms with E-state index in [2.05, 4.69) is 38.2 Å². The third-order valence-corrected chi connectivity index (χ3v) is 6.73. The maximum absolute atomic E-state index is 11.8. The molecule has 0 heterocycles. The number of nitrogens with two attached hydrogens (primary N) is 1. The highest BCUT2D eigenvalue weighted by atomic mass is 16.5. The van der Waals surface area contributed by atoms with Gasteiger partial charge in [-0.2, -0.15) is 0 Å². The van der Waals surface area contributed by atoms with Gasteiger partial charge in [0.15, 0.2) is 0 Å². The highest BCUT2D eigenvalue weighted by Gasteiger charge is 2.40. The Balaban J connectivity index is 0.000000330. The Kier molecular flexibility index (Phi) is 8.00. The van der Waals surface area contributed by atoms with Crippen LogP contribution in [0.1, 0.15) is 62.4 Å². The largest absolute Gasteiger partial charge is 0.462 e. The van der Waals surface area contributed by atoms with Crippen molar-refractivity contribution in [1.29, 1.82) is 0 Å². The summed E-state index contributed by atoms with van der Waals surface area (Å²) in [5.41, 5.74) is 9.61. The minimum absolute atomic E-state index is 0.314. The Bertz CT molecular complexity index is 848. The van der Waals surface area contributed by atoms with E-state index in [4.69, 9.17) is 10.5 Å². The van der Waals surface area contributed by atoms with Gasteiger partial charge in [-0.3, -0.25) is 0 Å². The predicted octanol–water partition coefficient (Wildman–Crippen LogP) is 6.31. The number of carbonyl (C=O) groups is 1. The topological polar surface area (TPSA) is 64.3 Å². The lowest BCUT2D eigenvalue weighted by atomic mass is 9.63. The first-order chi connectivity index (χ1) is 14.9. The number of carbonyl (C=O) groups excluding carboxylic acids is 1. The predicted molar refractivity (Wildman–Crippen MR) is 129 cm³/mol. The Morgan fingerprint density at radius 2 is 1.81 bits per heavy atom. The first-order valence-corrected chi connectivity index (χ1v) is 11.7. The van der Waals surface area contributed by atoms with Crippen LogP contribution in [0.4, 0.5) is 11.4 Å². The summed E-state index contributed by atoms with van der Waals surface area (Å²) in [5, 5.41) is 3.70. The lowest BCUT2D eigenvalue weighted by Crippen LogP contribution is -2.45. The Morgan fingerprint density at radius 3 is 2.42 bits per heavy atom. The van der Waals surface area contributed by atoms with Gasteiger partial charge in [0.05, 0.1) is 23.5 Å². The number of esters is 1. The quantitative estimate of drug-likeness (QED) is 0.447. The average Bonchev–Trinajstić information content (AvgIpc) is 2.72. The molecule has 2 aromatic rings. The molecule has 2 aliphatic carbocycles. The van der Waals surface area contributed by atoms with Gasteiger partial charge >= 0.3 is 5.97 Å². The second kappa shape index (κ2) is 10.7. The van der Waals surface area contributed by atoms with E-state index in [9.17, 15) is 4.79 Å². The van der Waals surface area contributed by atoms with E-state index in [-0.39, 0.29) is 5.97 Å². The van der Waals surface area contributed by atoms with E-state index in [1.807, 2.05) is 24.3 Å². The molecule has 0 radical (unpaired) electrons. The number of anilines is 2. The van der Waals surface area contributed by atoms with E-state index in [1.165, 1.54) is 31.2 Å². The Labute approximate surface area is 187 Å². The lowest BCUT2D eigenvalue weighted by molar-refractivity contribution is 0.0526. The molecule has 31 heavy (non-hydrogen) atoms. The molecule has 2 saturated carbocycles. The number of hydrogen-bond acceptors (Lipinski definition) is 4. The van der Waals surface area contributed by atoms with Crippen LogP contribution in [0.2, 0.25) is 0 Å². The van der Waals surface area contributed by atoms with Crippen molar-refractivity contribution in [3.05, 3.63) is 59.7 Å². The summed E-state index contributed by atoms with van der Waals surface area (Å²) in [6, 6.07) is 16.2. The average molecular weight is 423 g/mol. The molecule has 2 aliphatic rings. The number of ether oxygens (including phenoxy) is 1.